The van der Waals surface area contributed by atoms with E-state index in [9.17, 15) is 0 Å². The first-order chi connectivity index (χ1) is 8.66. The lowest BCUT2D eigenvalue weighted by atomic mass is 9.93. The fourth-order valence-electron chi connectivity index (χ4n) is 3.68. The smallest absolute Gasteiger partial charge is 0.0381 e. The highest BCUT2D eigenvalue weighted by Gasteiger charge is 2.26. The highest BCUT2D eigenvalue weighted by molar-refractivity contribution is 5.32. The third kappa shape index (κ3) is 1.99. The van der Waals surface area contributed by atoms with E-state index in [0.29, 0.717) is 0 Å². The van der Waals surface area contributed by atoms with Crippen LogP contribution in [0.3, 0.4) is 0 Å². The van der Waals surface area contributed by atoms with Gasteiger partial charge in [0.1, 0.15) is 0 Å². The molecule has 3 rings (SSSR count). The van der Waals surface area contributed by atoms with Gasteiger partial charge in [-0.3, -0.25) is 0 Å². The second-order valence-corrected chi connectivity index (χ2v) is 6.07. The van der Waals surface area contributed by atoms with Gasteiger partial charge in [0.2, 0.25) is 0 Å². The molecule has 2 N–H and O–H groups in total. The maximum absolute atomic E-state index is 6.24. The van der Waals surface area contributed by atoms with Crippen molar-refractivity contribution in [3.8, 4) is 0 Å². The van der Waals surface area contributed by atoms with Crippen molar-refractivity contribution in [3.63, 3.8) is 0 Å². The fourth-order valence-corrected chi connectivity index (χ4v) is 3.68. The quantitative estimate of drug-likeness (QED) is 0.869. The van der Waals surface area contributed by atoms with Crippen molar-refractivity contribution < 1.29 is 0 Å². The van der Waals surface area contributed by atoms with Crippen molar-refractivity contribution in [1.29, 1.82) is 0 Å². The predicted molar refractivity (Wildman–Crippen MR) is 74.7 cm³/mol. The van der Waals surface area contributed by atoms with Crippen molar-refractivity contribution in [2.24, 2.45) is 5.73 Å². The summed E-state index contributed by atoms with van der Waals surface area (Å²) >= 11 is 0. The average Bonchev–Trinajstić information content (AvgIpc) is 2.87. The van der Waals surface area contributed by atoms with Crippen molar-refractivity contribution in [1.82, 2.24) is 9.47 Å². The Labute approximate surface area is 110 Å². The van der Waals surface area contributed by atoms with Gasteiger partial charge in [0.25, 0.3) is 0 Å². The molecule has 100 valence electrons. The van der Waals surface area contributed by atoms with Gasteiger partial charge in [0.05, 0.1) is 0 Å². The highest BCUT2D eigenvalue weighted by atomic mass is 15.2. The summed E-state index contributed by atoms with van der Waals surface area (Å²) in [7, 11) is 2.26. The summed E-state index contributed by atoms with van der Waals surface area (Å²) in [5.74, 6) is 0. The first-order valence-corrected chi connectivity index (χ1v) is 7.31. The first kappa shape index (κ1) is 12.2. The molecule has 2 aliphatic rings. The molecule has 2 heterocycles. The molecular formula is C15H25N3. The van der Waals surface area contributed by atoms with Crippen LogP contribution >= 0.6 is 0 Å². The molecule has 3 nitrogen and oxygen atoms in total. The molecule has 1 aliphatic heterocycles. The van der Waals surface area contributed by atoms with Crippen LogP contribution < -0.4 is 5.73 Å². The van der Waals surface area contributed by atoms with Crippen LogP contribution in [-0.2, 0) is 13.0 Å². The Hall–Kier alpha value is -0.800. The van der Waals surface area contributed by atoms with Crippen molar-refractivity contribution >= 4 is 0 Å². The van der Waals surface area contributed by atoms with Crippen LogP contribution in [0.5, 0.6) is 0 Å². The van der Waals surface area contributed by atoms with Gasteiger partial charge in [-0.25, -0.2) is 0 Å². The van der Waals surface area contributed by atoms with Gasteiger partial charge in [-0.15, -0.1) is 0 Å². The van der Waals surface area contributed by atoms with Gasteiger partial charge >= 0.3 is 0 Å². The van der Waals surface area contributed by atoms with Crippen LogP contribution in [0, 0.1) is 6.92 Å². The fraction of sp³-hybridized carbons (Fsp3) is 0.733. The van der Waals surface area contributed by atoms with Crippen molar-refractivity contribution in [3.05, 3.63) is 23.0 Å². The molecule has 0 saturated carbocycles. The lowest BCUT2D eigenvalue weighted by molar-refractivity contribution is 0.278. The number of likely N-dealkylation sites (N-methyl/N-ethyl adjacent to an activating group) is 1. The van der Waals surface area contributed by atoms with Crippen LogP contribution in [0.1, 0.15) is 48.7 Å². The summed E-state index contributed by atoms with van der Waals surface area (Å²) in [5.41, 5.74) is 10.6. The molecule has 0 amide bonds. The molecular weight excluding hydrogens is 222 g/mol. The minimum Gasteiger partial charge on any atom is -0.347 e. The van der Waals surface area contributed by atoms with Gasteiger partial charge in [0, 0.05) is 30.0 Å². The molecule has 3 heteroatoms. The van der Waals surface area contributed by atoms with Gasteiger partial charge in [-0.05, 0) is 64.3 Å². The standard InChI is InChI=1S/C15H25N3/c1-11-9-13-14(16)6-3-7-15(13)18(11)10-12-5-4-8-17(12)2/h9,12,14H,3-8,10,16H2,1-2H3. The van der Waals surface area contributed by atoms with E-state index < -0.39 is 0 Å². The Balaban J connectivity index is 1.87. The zero-order chi connectivity index (χ0) is 12.7. The van der Waals surface area contributed by atoms with Crippen LogP contribution in [0.15, 0.2) is 6.07 Å². The summed E-state index contributed by atoms with van der Waals surface area (Å²) < 4.78 is 2.54. The van der Waals surface area contributed by atoms with Gasteiger partial charge in [-0.2, -0.15) is 0 Å². The topological polar surface area (TPSA) is 34.2 Å². The summed E-state index contributed by atoms with van der Waals surface area (Å²) in [6, 6.07) is 3.32. The number of rotatable bonds is 2. The molecule has 2 unspecified atom stereocenters. The SMILES string of the molecule is Cc1cc2c(n1CC1CCCN1C)CCCC2N. The molecule has 1 aromatic rings. The second-order valence-electron chi connectivity index (χ2n) is 6.07. The van der Waals surface area contributed by atoms with E-state index in [4.69, 9.17) is 5.73 Å². The largest absolute Gasteiger partial charge is 0.347 e. The zero-order valence-corrected chi connectivity index (χ0v) is 11.7. The number of nitrogens with two attached hydrogens (primary N) is 1. The van der Waals surface area contributed by atoms with Crippen molar-refractivity contribution in [2.75, 3.05) is 13.6 Å². The van der Waals surface area contributed by atoms with Crippen molar-refractivity contribution in [2.45, 2.75) is 57.7 Å². The lowest BCUT2D eigenvalue weighted by Gasteiger charge is -2.25. The minimum atomic E-state index is 0.273. The predicted octanol–water partition coefficient (Wildman–Crippen LogP) is 2.23. The van der Waals surface area contributed by atoms with E-state index in [0.717, 1.165) is 19.0 Å². The summed E-state index contributed by atoms with van der Waals surface area (Å²) in [4.78, 5) is 2.51. The maximum Gasteiger partial charge on any atom is 0.0381 e. The van der Waals surface area contributed by atoms with Gasteiger partial charge in [0.15, 0.2) is 0 Å². The Morgan fingerprint density at radius 3 is 2.89 bits per heavy atom. The molecule has 0 spiro atoms. The third-order valence-electron chi connectivity index (χ3n) is 4.84. The van der Waals surface area contributed by atoms with Crippen LogP contribution in [0.4, 0.5) is 0 Å². The first-order valence-electron chi connectivity index (χ1n) is 7.31. The summed E-state index contributed by atoms with van der Waals surface area (Å²) in [6.45, 7) is 4.65. The van der Waals surface area contributed by atoms with Gasteiger partial charge in [-0.1, -0.05) is 0 Å². The van der Waals surface area contributed by atoms with E-state index in [-0.39, 0.29) is 6.04 Å². The minimum absolute atomic E-state index is 0.273. The number of hydrogen-bond acceptors (Lipinski definition) is 2. The Kier molecular flexibility index (Phi) is 3.20. The van der Waals surface area contributed by atoms with E-state index >= 15 is 0 Å². The van der Waals surface area contributed by atoms with E-state index in [1.165, 1.54) is 49.2 Å². The number of aryl methyl sites for hydroxylation is 1. The molecule has 18 heavy (non-hydrogen) atoms. The molecule has 0 bridgehead atoms. The summed E-state index contributed by atoms with van der Waals surface area (Å²) in [6.07, 6.45) is 6.31. The zero-order valence-electron chi connectivity index (χ0n) is 11.7. The van der Waals surface area contributed by atoms with Crippen LogP contribution in [-0.4, -0.2) is 29.1 Å². The summed E-state index contributed by atoms with van der Waals surface area (Å²) in [5, 5.41) is 0. The molecule has 0 aromatic carbocycles. The second kappa shape index (κ2) is 4.71. The maximum atomic E-state index is 6.24. The lowest BCUT2D eigenvalue weighted by Crippen LogP contribution is -2.30. The van der Waals surface area contributed by atoms with Gasteiger partial charge < -0.3 is 15.2 Å². The molecule has 1 aromatic heterocycles. The normalized spacial score (nSPS) is 28.6. The number of fused-ring (bicyclic) bond motifs is 1. The Morgan fingerprint density at radius 2 is 2.17 bits per heavy atom. The molecule has 1 fully saturated rings. The van der Waals surface area contributed by atoms with Crippen LogP contribution in [0.25, 0.3) is 0 Å². The molecule has 1 aliphatic carbocycles. The molecule has 0 radical (unpaired) electrons. The number of nitrogens with zero attached hydrogens (tertiary/aromatic N) is 2. The molecule has 1 saturated heterocycles. The number of aromatic nitrogens is 1. The van der Waals surface area contributed by atoms with E-state index in [1.54, 1.807) is 0 Å². The van der Waals surface area contributed by atoms with Crippen LogP contribution in [0.2, 0.25) is 0 Å². The number of hydrogen-bond donors (Lipinski definition) is 1. The number of likely N-dealkylation sites (tertiary alicyclic amines) is 1. The van der Waals surface area contributed by atoms with E-state index in [1.807, 2.05) is 0 Å². The van der Waals surface area contributed by atoms with E-state index in [2.05, 4.69) is 29.5 Å². The third-order valence-corrected chi connectivity index (χ3v) is 4.84. The molecule has 2 atom stereocenters. The highest BCUT2D eigenvalue weighted by Crippen LogP contribution is 2.31. The monoisotopic (exact) mass is 247 g/mol. The average molecular weight is 247 g/mol. The Morgan fingerprint density at radius 1 is 1.33 bits per heavy atom. The Bertz CT molecular complexity index is 435.